The molecule has 0 saturated heterocycles. The van der Waals surface area contributed by atoms with E-state index in [1.54, 1.807) is 12.1 Å². The molecule has 1 aromatic rings. The fraction of sp³-hybridized carbons (Fsp3) is 0.375. The third kappa shape index (κ3) is 4.15. The zero-order valence-electron chi connectivity index (χ0n) is 7.46. The summed E-state index contributed by atoms with van der Waals surface area (Å²) in [6, 6.07) is 3.43. The van der Waals surface area contributed by atoms with E-state index in [2.05, 4.69) is 10.1 Å². The van der Waals surface area contributed by atoms with Crippen LogP contribution in [0.5, 0.6) is 0 Å². The Morgan fingerprint density at radius 2 is 2.43 bits per heavy atom. The van der Waals surface area contributed by atoms with Gasteiger partial charge < -0.3 is 20.2 Å². The minimum Gasteiger partial charge on any atom is -0.448 e. The summed E-state index contributed by atoms with van der Waals surface area (Å²) in [6.07, 6.45) is -0.771. The number of nitrogens with one attached hydrogen (secondary N) is 1. The lowest BCUT2D eigenvalue weighted by Gasteiger charge is -2.02. The SMILES string of the molecule is NC(=O)OCCNCc1ccc(Cl)o1. The van der Waals surface area contributed by atoms with E-state index in [-0.39, 0.29) is 6.61 Å². The highest BCUT2D eigenvalue weighted by Gasteiger charge is 1.98. The lowest BCUT2D eigenvalue weighted by molar-refractivity contribution is 0.157. The molecule has 0 aliphatic heterocycles. The van der Waals surface area contributed by atoms with Crippen molar-refractivity contribution in [2.75, 3.05) is 13.2 Å². The fourth-order valence-electron chi connectivity index (χ4n) is 0.882. The van der Waals surface area contributed by atoms with Gasteiger partial charge in [0.15, 0.2) is 5.22 Å². The van der Waals surface area contributed by atoms with Gasteiger partial charge in [0.25, 0.3) is 0 Å². The molecule has 1 rings (SSSR count). The second kappa shape index (κ2) is 5.51. The molecule has 1 aromatic heterocycles. The van der Waals surface area contributed by atoms with Crippen molar-refractivity contribution in [1.29, 1.82) is 0 Å². The van der Waals surface area contributed by atoms with Crippen LogP contribution in [0.3, 0.4) is 0 Å². The van der Waals surface area contributed by atoms with Gasteiger partial charge in [-0.05, 0) is 23.7 Å². The first-order chi connectivity index (χ1) is 6.68. The Hall–Kier alpha value is -1.20. The molecule has 3 N–H and O–H groups in total. The van der Waals surface area contributed by atoms with E-state index in [1.165, 1.54) is 0 Å². The predicted molar refractivity (Wildman–Crippen MR) is 51.0 cm³/mol. The molecule has 0 fully saturated rings. The summed E-state index contributed by atoms with van der Waals surface area (Å²) >= 11 is 5.56. The van der Waals surface area contributed by atoms with Crippen molar-refractivity contribution in [3.05, 3.63) is 23.1 Å². The minimum absolute atomic E-state index is 0.240. The molecule has 0 spiro atoms. The van der Waals surface area contributed by atoms with Crippen LogP contribution in [-0.2, 0) is 11.3 Å². The molecular formula is C8H11ClN2O3. The van der Waals surface area contributed by atoms with Crippen molar-refractivity contribution in [2.45, 2.75) is 6.54 Å². The minimum atomic E-state index is -0.771. The van der Waals surface area contributed by atoms with Crippen molar-refractivity contribution in [2.24, 2.45) is 5.73 Å². The van der Waals surface area contributed by atoms with Gasteiger partial charge in [-0.25, -0.2) is 4.79 Å². The van der Waals surface area contributed by atoms with E-state index in [0.29, 0.717) is 18.3 Å². The van der Waals surface area contributed by atoms with Crippen molar-refractivity contribution in [1.82, 2.24) is 5.32 Å². The summed E-state index contributed by atoms with van der Waals surface area (Å²) in [6.45, 7) is 1.29. The Morgan fingerprint density at radius 1 is 1.64 bits per heavy atom. The van der Waals surface area contributed by atoms with Gasteiger partial charge in [-0.15, -0.1) is 0 Å². The molecule has 0 bridgehead atoms. The number of hydrogen-bond donors (Lipinski definition) is 2. The zero-order chi connectivity index (χ0) is 10.4. The second-order valence-electron chi connectivity index (χ2n) is 2.55. The van der Waals surface area contributed by atoms with Gasteiger partial charge >= 0.3 is 6.09 Å². The van der Waals surface area contributed by atoms with E-state index < -0.39 is 6.09 Å². The molecule has 0 aromatic carbocycles. The maximum absolute atomic E-state index is 10.2. The number of furan rings is 1. The molecule has 14 heavy (non-hydrogen) atoms. The molecule has 0 atom stereocenters. The molecule has 0 unspecified atom stereocenters. The first-order valence-electron chi connectivity index (χ1n) is 4.05. The predicted octanol–water partition coefficient (Wildman–Crippen LogP) is 1.12. The Kier molecular flexibility index (Phi) is 4.28. The maximum Gasteiger partial charge on any atom is 0.404 e. The average Bonchev–Trinajstić information content (AvgIpc) is 2.50. The summed E-state index contributed by atoms with van der Waals surface area (Å²) in [4.78, 5) is 10.2. The van der Waals surface area contributed by atoms with E-state index in [1.807, 2.05) is 0 Å². The average molecular weight is 219 g/mol. The Balaban J connectivity index is 2.07. The van der Waals surface area contributed by atoms with Gasteiger partial charge in [0.1, 0.15) is 12.4 Å². The van der Waals surface area contributed by atoms with Gasteiger partial charge in [0.05, 0.1) is 6.54 Å². The summed E-state index contributed by atoms with van der Waals surface area (Å²) < 4.78 is 9.59. The Labute approximate surface area is 86.2 Å². The van der Waals surface area contributed by atoms with Crippen LogP contribution < -0.4 is 11.1 Å². The highest BCUT2D eigenvalue weighted by atomic mass is 35.5. The second-order valence-corrected chi connectivity index (χ2v) is 2.92. The molecule has 0 aliphatic rings. The number of hydrogen-bond acceptors (Lipinski definition) is 4. The van der Waals surface area contributed by atoms with Gasteiger partial charge in [-0.1, -0.05) is 0 Å². The zero-order valence-corrected chi connectivity index (χ0v) is 8.21. The normalized spacial score (nSPS) is 10.1. The summed E-state index contributed by atoms with van der Waals surface area (Å²) in [5, 5.41) is 3.34. The van der Waals surface area contributed by atoms with Crippen molar-refractivity contribution in [3.8, 4) is 0 Å². The highest BCUT2D eigenvalue weighted by Crippen LogP contribution is 2.12. The Bertz CT molecular complexity index is 301. The number of carbonyl (C=O) groups excluding carboxylic acids is 1. The molecule has 0 radical (unpaired) electrons. The summed E-state index contributed by atoms with van der Waals surface area (Å²) in [5.74, 6) is 0.731. The summed E-state index contributed by atoms with van der Waals surface area (Å²) in [7, 11) is 0. The molecule has 78 valence electrons. The molecule has 1 heterocycles. The van der Waals surface area contributed by atoms with Crippen LogP contribution >= 0.6 is 11.6 Å². The quantitative estimate of drug-likeness (QED) is 0.726. The summed E-state index contributed by atoms with van der Waals surface area (Å²) in [5.41, 5.74) is 4.76. The van der Waals surface area contributed by atoms with Gasteiger partial charge in [0.2, 0.25) is 0 Å². The van der Waals surface area contributed by atoms with E-state index in [0.717, 1.165) is 5.76 Å². The van der Waals surface area contributed by atoms with Gasteiger partial charge in [-0.2, -0.15) is 0 Å². The monoisotopic (exact) mass is 218 g/mol. The molecule has 1 amide bonds. The Morgan fingerprint density at radius 3 is 3.00 bits per heavy atom. The number of rotatable bonds is 5. The molecule has 0 saturated carbocycles. The fourth-order valence-corrected chi connectivity index (χ4v) is 1.04. The van der Waals surface area contributed by atoms with E-state index in [9.17, 15) is 4.79 Å². The highest BCUT2D eigenvalue weighted by molar-refractivity contribution is 6.28. The lowest BCUT2D eigenvalue weighted by atomic mass is 10.4. The van der Waals surface area contributed by atoms with Crippen LogP contribution in [0.2, 0.25) is 5.22 Å². The van der Waals surface area contributed by atoms with Crippen molar-refractivity contribution >= 4 is 17.7 Å². The number of primary amides is 1. The largest absolute Gasteiger partial charge is 0.448 e. The topological polar surface area (TPSA) is 77.5 Å². The van der Waals surface area contributed by atoms with Crippen LogP contribution in [0.1, 0.15) is 5.76 Å². The number of carbonyl (C=O) groups is 1. The first-order valence-corrected chi connectivity index (χ1v) is 4.43. The molecule has 5 nitrogen and oxygen atoms in total. The van der Waals surface area contributed by atoms with Crippen LogP contribution in [0, 0.1) is 0 Å². The van der Waals surface area contributed by atoms with E-state index in [4.69, 9.17) is 21.8 Å². The van der Waals surface area contributed by atoms with Gasteiger partial charge in [-0.3, -0.25) is 0 Å². The third-order valence-electron chi connectivity index (χ3n) is 1.45. The lowest BCUT2D eigenvalue weighted by Crippen LogP contribution is -2.23. The molecule has 0 aliphatic carbocycles. The number of halogens is 1. The smallest absolute Gasteiger partial charge is 0.404 e. The third-order valence-corrected chi connectivity index (χ3v) is 1.65. The number of ether oxygens (including phenoxy) is 1. The van der Waals surface area contributed by atoms with Gasteiger partial charge in [0, 0.05) is 6.54 Å². The molecule has 6 heteroatoms. The van der Waals surface area contributed by atoms with Crippen molar-refractivity contribution < 1.29 is 13.9 Å². The van der Waals surface area contributed by atoms with Crippen LogP contribution in [0.25, 0.3) is 0 Å². The van der Waals surface area contributed by atoms with Crippen LogP contribution in [0.4, 0.5) is 4.79 Å². The molecular weight excluding hydrogens is 208 g/mol. The van der Waals surface area contributed by atoms with Crippen LogP contribution in [-0.4, -0.2) is 19.2 Å². The number of nitrogens with two attached hydrogens (primary N) is 1. The van der Waals surface area contributed by atoms with Crippen LogP contribution in [0.15, 0.2) is 16.5 Å². The first kappa shape index (κ1) is 10.9. The standard InChI is InChI=1S/C8H11ClN2O3/c9-7-2-1-6(14-7)5-11-3-4-13-8(10)12/h1-2,11H,3-5H2,(H2,10,12). The number of amides is 1. The maximum atomic E-state index is 10.2. The van der Waals surface area contributed by atoms with Crippen molar-refractivity contribution in [3.63, 3.8) is 0 Å². The van der Waals surface area contributed by atoms with E-state index >= 15 is 0 Å².